The zero-order valence-corrected chi connectivity index (χ0v) is 13.4. The number of carbonyl (C=O) groups is 1. The van der Waals surface area contributed by atoms with Gasteiger partial charge >= 0.3 is 0 Å². The number of carbonyl (C=O) groups excluding carboxylic acids is 1. The van der Waals surface area contributed by atoms with Gasteiger partial charge in [-0.1, -0.05) is 26.0 Å². The molecule has 0 radical (unpaired) electrons. The van der Waals surface area contributed by atoms with E-state index in [4.69, 9.17) is 0 Å². The van der Waals surface area contributed by atoms with Gasteiger partial charge in [-0.25, -0.2) is 0 Å². The minimum absolute atomic E-state index is 0.124. The van der Waals surface area contributed by atoms with Crippen LogP contribution in [0.1, 0.15) is 45.6 Å². The van der Waals surface area contributed by atoms with Crippen LogP contribution in [-0.4, -0.2) is 29.6 Å². The van der Waals surface area contributed by atoms with Gasteiger partial charge in [0.2, 0.25) is 5.91 Å². The lowest BCUT2D eigenvalue weighted by Crippen LogP contribution is -2.33. The molecule has 1 aromatic carbocycles. The molecule has 0 aliphatic heterocycles. The fourth-order valence-corrected chi connectivity index (χ4v) is 2.10. The Bertz CT molecular complexity index is 415. The second-order valence-corrected chi connectivity index (χ2v) is 5.89. The average Bonchev–Trinajstić information content (AvgIpc) is 2.43. The van der Waals surface area contributed by atoms with Gasteiger partial charge in [-0.3, -0.25) is 4.79 Å². The maximum absolute atomic E-state index is 11.8. The van der Waals surface area contributed by atoms with E-state index >= 15 is 0 Å². The maximum atomic E-state index is 11.8. The number of aromatic hydroxyl groups is 1. The third-order valence-electron chi connectivity index (χ3n) is 3.34. The van der Waals surface area contributed by atoms with Crippen molar-refractivity contribution >= 4 is 5.91 Å². The molecule has 4 heteroatoms. The average molecular weight is 292 g/mol. The molecule has 0 saturated carbocycles. The van der Waals surface area contributed by atoms with E-state index in [-0.39, 0.29) is 17.7 Å². The van der Waals surface area contributed by atoms with E-state index in [1.807, 2.05) is 19.1 Å². The van der Waals surface area contributed by atoms with Crippen LogP contribution in [0.15, 0.2) is 24.3 Å². The van der Waals surface area contributed by atoms with Gasteiger partial charge in [0.1, 0.15) is 5.75 Å². The zero-order chi connectivity index (χ0) is 15.7. The number of nitrogens with one attached hydrogen (secondary N) is 2. The Morgan fingerprint density at radius 3 is 2.48 bits per heavy atom. The van der Waals surface area contributed by atoms with Crippen LogP contribution in [0.2, 0.25) is 0 Å². The molecule has 3 N–H and O–H groups in total. The van der Waals surface area contributed by atoms with Crippen molar-refractivity contribution in [3.05, 3.63) is 29.8 Å². The van der Waals surface area contributed by atoms with Gasteiger partial charge in [0.15, 0.2) is 0 Å². The van der Waals surface area contributed by atoms with Crippen LogP contribution in [0.5, 0.6) is 5.75 Å². The predicted molar refractivity (Wildman–Crippen MR) is 86.4 cm³/mol. The standard InChI is InChI=1S/C17H28N2O2/c1-13(2)18-12-4-5-17(21)19-14(3)6-7-15-8-10-16(20)11-9-15/h8-11,13-14,18,20H,4-7,12H2,1-3H3,(H,19,21). The Morgan fingerprint density at radius 1 is 1.19 bits per heavy atom. The van der Waals surface area contributed by atoms with E-state index in [9.17, 15) is 9.90 Å². The van der Waals surface area contributed by atoms with Gasteiger partial charge in [0, 0.05) is 18.5 Å². The number of benzene rings is 1. The van der Waals surface area contributed by atoms with Crippen molar-refractivity contribution in [2.75, 3.05) is 6.54 Å². The SMILES string of the molecule is CC(C)NCCCC(=O)NC(C)CCc1ccc(O)cc1. The highest BCUT2D eigenvalue weighted by molar-refractivity contribution is 5.76. The summed E-state index contributed by atoms with van der Waals surface area (Å²) in [6.45, 7) is 7.12. The first-order chi connectivity index (χ1) is 9.97. The van der Waals surface area contributed by atoms with E-state index in [2.05, 4.69) is 24.5 Å². The van der Waals surface area contributed by atoms with Crippen LogP contribution in [0.4, 0.5) is 0 Å². The van der Waals surface area contributed by atoms with Gasteiger partial charge in [-0.15, -0.1) is 0 Å². The van der Waals surface area contributed by atoms with Crippen molar-refractivity contribution in [3.63, 3.8) is 0 Å². The van der Waals surface area contributed by atoms with Gasteiger partial charge in [0.25, 0.3) is 0 Å². The molecule has 1 aromatic rings. The first-order valence-electron chi connectivity index (χ1n) is 7.78. The normalized spacial score (nSPS) is 12.4. The molecule has 1 unspecified atom stereocenters. The number of aryl methyl sites for hydroxylation is 1. The molecule has 0 heterocycles. The Labute approximate surface area is 128 Å². The number of phenols is 1. The molecule has 0 spiro atoms. The molecule has 0 aliphatic carbocycles. The highest BCUT2D eigenvalue weighted by atomic mass is 16.3. The fraction of sp³-hybridized carbons (Fsp3) is 0.588. The Hall–Kier alpha value is -1.55. The first-order valence-corrected chi connectivity index (χ1v) is 7.78. The predicted octanol–water partition coefficient (Wildman–Crippen LogP) is 2.61. The summed E-state index contributed by atoms with van der Waals surface area (Å²) in [6.07, 6.45) is 3.25. The van der Waals surface area contributed by atoms with Crippen LogP contribution >= 0.6 is 0 Å². The lowest BCUT2D eigenvalue weighted by Gasteiger charge is -2.14. The zero-order valence-electron chi connectivity index (χ0n) is 13.4. The monoisotopic (exact) mass is 292 g/mol. The van der Waals surface area contributed by atoms with Gasteiger partial charge in [-0.2, -0.15) is 0 Å². The summed E-state index contributed by atoms with van der Waals surface area (Å²) in [5.74, 6) is 0.411. The highest BCUT2D eigenvalue weighted by Gasteiger charge is 2.07. The smallest absolute Gasteiger partial charge is 0.220 e. The lowest BCUT2D eigenvalue weighted by atomic mass is 10.1. The molecule has 0 fully saturated rings. The van der Waals surface area contributed by atoms with Crippen LogP contribution in [0.25, 0.3) is 0 Å². The molecular weight excluding hydrogens is 264 g/mol. The van der Waals surface area contributed by atoms with Gasteiger partial charge < -0.3 is 15.7 Å². The van der Waals surface area contributed by atoms with Crippen molar-refractivity contribution in [1.29, 1.82) is 0 Å². The summed E-state index contributed by atoms with van der Waals surface area (Å²) >= 11 is 0. The molecule has 0 bridgehead atoms. The third kappa shape index (κ3) is 8.35. The van der Waals surface area contributed by atoms with E-state index in [1.54, 1.807) is 12.1 Å². The second kappa shape index (κ2) is 9.40. The number of phenolic OH excluding ortho intramolecular Hbond substituents is 1. The molecule has 1 atom stereocenters. The summed E-state index contributed by atoms with van der Waals surface area (Å²) in [5.41, 5.74) is 1.18. The molecule has 0 saturated heterocycles. The van der Waals surface area contributed by atoms with Gasteiger partial charge in [-0.05, 0) is 50.4 Å². The molecular formula is C17H28N2O2. The second-order valence-electron chi connectivity index (χ2n) is 5.89. The van der Waals surface area contributed by atoms with E-state index < -0.39 is 0 Å². The van der Waals surface area contributed by atoms with Crippen LogP contribution in [0, 0.1) is 0 Å². The minimum Gasteiger partial charge on any atom is -0.508 e. The lowest BCUT2D eigenvalue weighted by molar-refractivity contribution is -0.121. The van der Waals surface area contributed by atoms with Crippen molar-refractivity contribution < 1.29 is 9.90 Å². The Balaban J connectivity index is 2.16. The number of hydrogen-bond acceptors (Lipinski definition) is 3. The van der Waals surface area contributed by atoms with E-state index in [0.717, 1.165) is 25.8 Å². The van der Waals surface area contributed by atoms with Crippen molar-refractivity contribution in [3.8, 4) is 5.75 Å². The van der Waals surface area contributed by atoms with Crippen LogP contribution in [-0.2, 0) is 11.2 Å². The molecule has 21 heavy (non-hydrogen) atoms. The highest BCUT2D eigenvalue weighted by Crippen LogP contribution is 2.11. The summed E-state index contributed by atoms with van der Waals surface area (Å²) in [7, 11) is 0. The molecule has 1 amide bonds. The maximum Gasteiger partial charge on any atom is 0.220 e. The first kappa shape index (κ1) is 17.5. The molecule has 1 rings (SSSR count). The summed E-state index contributed by atoms with van der Waals surface area (Å²) in [6, 6.07) is 7.87. The van der Waals surface area contributed by atoms with Gasteiger partial charge in [0.05, 0.1) is 0 Å². The molecule has 0 aliphatic rings. The molecule has 118 valence electrons. The van der Waals surface area contributed by atoms with Crippen molar-refractivity contribution in [2.45, 2.75) is 58.5 Å². The topological polar surface area (TPSA) is 61.4 Å². The minimum atomic E-state index is 0.124. The third-order valence-corrected chi connectivity index (χ3v) is 3.34. The van der Waals surface area contributed by atoms with E-state index in [1.165, 1.54) is 5.56 Å². The van der Waals surface area contributed by atoms with Crippen molar-refractivity contribution in [1.82, 2.24) is 10.6 Å². The number of rotatable bonds is 9. The summed E-state index contributed by atoms with van der Waals surface area (Å²) < 4.78 is 0. The Morgan fingerprint density at radius 2 is 1.86 bits per heavy atom. The van der Waals surface area contributed by atoms with E-state index in [0.29, 0.717) is 12.5 Å². The fourth-order valence-electron chi connectivity index (χ4n) is 2.10. The molecule has 0 aromatic heterocycles. The molecule has 4 nitrogen and oxygen atoms in total. The van der Waals surface area contributed by atoms with Crippen LogP contribution in [0.3, 0.4) is 0 Å². The van der Waals surface area contributed by atoms with Crippen LogP contribution < -0.4 is 10.6 Å². The Kier molecular flexibility index (Phi) is 7.83. The summed E-state index contributed by atoms with van der Waals surface area (Å²) in [5, 5.41) is 15.6. The number of hydrogen-bond donors (Lipinski definition) is 3. The largest absolute Gasteiger partial charge is 0.508 e. The van der Waals surface area contributed by atoms with Crippen molar-refractivity contribution in [2.24, 2.45) is 0 Å². The number of amides is 1. The summed E-state index contributed by atoms with van der Waals surface area (Å²) in [4.78, 5) is 11.8. The quantitative estimate of drug-likeness (QED) is 0.613.